The maximum Gasteiger partial charge on any atom is 0.261 e. The minimum Gasteiger partial charge on any atom is -0.496 e. The lowest BCUT2D eigenvalue weighted by Crippen LogP contribution is -2.30. The molecule has 1 aliphatic heterocycles. The van der Waals surface area contributed by atoms with Crippen LogP contribution < -0.4 is 9.47 Å². The SMILES string of the molecule is CCCN1C(=O)c2c3c(c4c(c2C1=O)CCc1cc(-c2ccc(C)cc2)c(OC)cc1-4)-c1cc(OC)c(-c2ccc(C)cc2)cc1CC3. The van der Waals surface area contributed by atoms with E-state index in [1.807, 2.05) is 6.92 Å². The van der Waals surface area contributed by atoms with Gasteiger partial charge >= 0.3 is 0 Å². The number of imide groups is 1. The highest BCUT2D eigenvalue weighted by molar-refractivity contribution is 6.25. The summed E-state index contributed by atoms with van der Waals surface area (Å²) < 4.78 is 12.1. The molecule has 2 amide bonds. The lowest BCUT2D eigenvalue weighted by Gasteiger charge is -2.32. The van der Waals surface area contributed by atoms with Crippen molar-refractivity contribution in [1.82, 2.24) is 4.90 Å². The quantitative estimate of drug-likeness (QED) is 0.175. The van der Waals surface area contributed by atoms with Crippen LogP contribution in [0.25, 0.3) is 44.5 Å². The van der Waals surface area contributed by atoms with Crippen molar-refractivity contribution in [3.63, 3.8) is 0 Å². The molecule has 1 heterocycles. The van der Waals surface area contributed by atoms with Crippen LogP contribution in [-0.2, 0) is 25.7 Å². The van der Waals surface area contributed by atoms with Crippen LogP contribution in [0, 0.1) is 13.8 Å². The topological polar surface area (TPSA) is 55.8 Å². The number of rotatable bonds is 6. The summed E-state index contributed by atoms with van der Waals surface area (Å²) in [5.74, 6) is 1.28. The molecule has 0 aromatic heterocycles. The number of fused-ring (bicyclic) bond motifs is 10. The van der Waals surface area contributed by atoms with Gasteiger partial charge in [0.25, 0.3) is 11.8 Å². The summed E-state index contributed by atoms with van der Waals surface area (Å²) in [6, 6.07) is 25.9. The zero-order chi connectivity index (χ0) is 33.3. The highest BCUT2D eigenvalue weighted by Crippen LogP contribution is 2.53. The third kappa shape index (κ3) is 4.51. The second-order valence-corrected chi connectivity index (χ2v) is 13.4. The normalized spacial score (nSPS) is 14.2. The molecule has 0 N–H and O–H groups in total. The van der Waals surface area contributed by atoms with E-state index < -0.39 is 0 Å². The average molecular weight is 634 g/mol. The highest BCUT2D eigenvalue weighted by Gasteiger charge is 2.44. The van der Waals surface area contributed by atoms with Crippen LogP contribution in [0.15, 0.2) is 72.8 Å². The second-order valence-electron chi connectivity index (χ2n) is 13.4. The summed E-state index contributed by atoms with van der Waals surface area (Å²) in [6.45, 7) is 6.62. The predicted octanol–water partition coefficient (Wildman–Crippen LogP) is 9.19. The zero-order valence-electron chi connectivity index (χ0n) is 28.3. The summed E-state index contributed by atoms with van der Waals surface area (Å²) in [5, 5.41) is 0. The third-order valence-corrected chi connectivity index (χ3v) is 10.5. The van der Waals surface area contributed by atoms with E-state index in [1.165, 1.54) is 27.2 Å². The summed E-state index contributed by atoms with van der Waals surface area (Å²) >= 11 is 0. The van der Waals surface area contributed by atoms with E-state index in [9.17, 15) is 9.59 Å². The number of carbonyl (C=O) groups excluding carboxylic acids is 2. The van der Waals surface area contributed by atoms with Crippen LogP contribution >= 0.6 is 0 Å². The lowest BCUT2D eigenvalue weighted by atomic mass is 9.71. The number of benzene rings is 5. The summed E-state index contributed by atoms with van der Waals surface area (Å²) in [6.07, 6.45) is 3.64. The van der Waals surface area contributed by atoms with E-state index in [0.29, 0.717) is 30.5 Å². The van der Waals surface area contributed by atoms with E-state index in [2.05, 4.69) is 86.6 Å². The number of hydrogen-bond acceptors (Lipinski definition) is 4. The molecule has 8 rings (SSSR count). The van der Waals surface area contributed by atoms with E-state index >= 15 is 0 Å². The minimum absolute atomic E-state index is 0.152. The van der Waals surface area contributed by atoms with Crippen molar-refractivity contribution in [2.24, 2.45) is 0 Å². The van der Waals surface area contributed by atoms with Gasteiger partial charge in [0, 0.05) is 17.7 Å². The van der Waals surface area contributed by atoms with Gasteiger partial charge in [-0.3, -0.25) is 14.5 Å². The first-order valence-electron chi connectivity index (χ1n) is 17.0. The molecule has 2 aliphatic carbocycles. The number of nitrogens with zero attached hydrogens (tertiary/aromatic N) is 1. The van der Waals surface area contributed by atoms with E-state index in [0.717, 1.165) is 86.4 Å². The molecule has 0 fully saturated rings. The molecular weight excluding hydrogens is 594 g/mol. The first-order chi connectivity index (χ1) is 23.3. The molecule has 0 saturated heterocycles. The molecule has 0 atom stereocenters. The van der Waals surface area contributed by atoms with Gasteiger partial charge in [0.1, 0.15) is 11.5 Å². The number of methoxy groups -OCH3 is 2. The van der Waals surface area contributed by atoms with Gasteiger partial charge in [0.05, 0.1) is 25.3 Å². The first-order valence-corrected chi connectivity index (χ1v) is 17.0. The van der Waals surface area contributed by atoms with Crippen LogP contribution in [0.2, 0.25) is 0 Å². The highest BCUT2D eigenvalue weighted by atomic mass is 16.5. The molecule has 48 heavy (non-hydrogen) atoms. The Bertz CT molecular complexity index is 2010. The number of ether oxygens (including phenoxy) is 2. The lowest BCUT2D eigenvalue weighted by molar-refractivity contribution is 0.0653. The third-order valence-electron chi connectivity index (χ3n) is 10.5. The van der Waals surface area contributed by atoms with Crippen LogP contribution in [0.1, 0.15) is 67.4 Å². The van der Waals surface area contributed by atoms with Crippen LogP contribution in [0.5, 0.6) is 11.5 Å². The molecule has 0 spiro atoms. The molecule has 0 saturated carbocycles. The maximum absolute atomic E-state index is 14.1. The van der Waals surface area contributed by atoms with Gasteiger partial charge in [-0.05, 0) is 126 Å². The average Bonchev–Trinajstić information content (AvgIpc) is 3.36. The van der Waals surface area contributed by atoms with Crippen molar-refractivity contribution in [3.05, 3.63) is 117 Å². The molecule has 5 aromatic carbocycles. The van der Waals surface area contributed by atoms with E-state index in [-0.39, 0.29) is 11.8 Å². The molecule has 5 aromatic rings. The van der Waals surface area contributed by atoms with Crippen molar-refractivity contribution < 1.29 is 19.1 Å². The van der Waals surface area contributed by atoms with Crippen molar-refractivity contribution in [3.8, 4) is 56.0 Å². The van der Waals surface area contributed by atoms with Gasteiger partial charge in [-0.25, -0.2) is 0 Å². The Balaban J connectivity index is 1.42. The van der Waals surface area contributed by atoms with Crippen LogP contribution in [0.4, 0.5) is 0 Å². The first kappa shape index (κ1) is 30.2. The Hall–Kier alpha value is -5.16. The van der Waals surface area contributed by atoms with E-state index in [4.69, 9.17) is 9.47 Å². The molecule has 5 nitrogen and oxygen atoms in total. The van der Waals surface area contributed by atoms with Gasteiger partial charge in [-0.15, -0.1) is 0 Å². The molecule has 3 aliphatic rings. The van der Waals surface area contributed by atoms with Crippen LogP contribution in [-0.4, -0.2) is 37.5 Å². The van der Waals surface area contributed by atoms with Gasteiger partial charge in [-0.1, -0.05) is 66.6 Å². The molecule has 0 bridgehead atoms. The second kappa shape index (κ2) is 11.5. The van der Waals surface area contributed by atoms with Crippen LogP contribution in [0.3, 0.4) is 0 Å². The molecule has 0 unspecified atom stereocenters. The number of amides is 2. The standard InChI is InChI=1S/C43H39NO4/c1-6-19-44-42(45)40-30-17-15-28-20-32(26-11-7-24(2)8-12-26)36(47-4)22-34(28)38(30)39-31(41(40)43(44)46)18-16-29-21-33(37(48-5)23-35(29)39)27-13-9-25(3)10-14-27/h7-14,20-23H,6,15-19H2,1-5H3. The minimum atomic E-state index is -0.152. The van der Waals surface area contributed by atoms with Gasteiger partial charge in [0.2, 0.25) is 0 Å². The van der Waals surface area contributed by atoms with E-state index in [1.54, 1.807) is 14.2 Å². The Morgan fingerprint density at radius 3 is 1.35 bits per heavy atom. The monoisotopic (exact) mass is 633 g/mol. The molecule has 0 radical (unpaired) electrons. The number of hydrogen-bond donors (Lipinski definition) is 0. The summed E-state index contributed by atoms with van der Waals surface area (Å²) in [5.41, 5.74) is 16.6. The molecule has 240 valence electrons. The van der Waals surface area contributed by atoms with Crippen molar-refractivity contribution in [1.29, 1.82) is 0 Å². The Morgan fingerprint density at radius 1 is 0.562 bits per heavy atom. The Labute approximate surface area is 282 Å². The van der Waals surface area contributed by atoms with Crippen molar-refractivity contribution >= 4 is 11.8 Å². The molecular formula is C43H39NO4. The van der Waals surface area contributed by atoms with Gasteiger partial charge in [0.15, 0.2) is 0 Å². The summed E-state index contributed by atoms with van der Waals surface area (Å²) in [4.78, 5) is 29.6. The van der Waals surface area contributed by atoms with Gasteiger partial charge in [-0.2, -0.15) is 0 Å². The van der Waals surface area contributed by atoms with Gasteiger partial charge < -0.3 is 9.47 Å². The van der Waals surface area contributed by atoms with Crippen molar-refractivity contribution in [2.75, 3.05) is 20.8 Å². The Morgan fingerprint density at radius 2 is 0.979 bits per heavy atom. The van der Waals surface area contributed by atoms with Crippen molar-refractivity contribution in [2.45, 2.75) is 52.9 Å². The predicted molar refractivity (Wildman–Crippen MR) is 191 cm³/mol. The number of aryl methyl sites for hydroxylation is 4. The fourth-order valence-electron chi connectivity index (χ4n) is 8.11. The summed E-state index contributed by atoms with van der Waals surface area (Å²) in [7, 11) is 3.44. The number of carbonyl (C=O) groups is 2. The zero-order valence-corrected chi connectivity index (χ0v) is 28.3. The fourth-order valence-corrected chi connectivity index (χ4v) is 8.11. The fraction of sp³-hybridized carbons (Fsp3) is 0.256. The molecule has 5 heteroatoms. The smallest absolute Gasteiger partial charge is 0.261 e. The Kier molecular flexibility index (Phi) is 7.24. The largest absolute Gasteiger partial charge is 0.496 e. The maximum atomic E-state index is 14.1.